The summed E-state index contributed by atoms with van der Waals surface area (Å²) < 4.78 is 9.19. The third-order valence-electron chi connectivity index (χ3n) is 0. The molecular weight excluding hydrogens is 327 g/mol. The van der Waals surface area contributed by atoms with Crippen molar-refractivity contribution < 1.29 is 14.4 Å². The number of hydrogen-bond acceptors (Lipinski definition) is 1. The Morgan fingerprint density at radius 3 is 1.43 bits per heavy atom. The van der Waals surface area contributed by atoms with E-state index in [1.54, 1.807) is 0 Å². The van der Waals surface area contributed by atoms with Crippen LogP contribution in [-0.2, 0) is 4.57 Å². The van der Waals surface area contributed by atoms with Gasteiger partial charge in [0.25, 0.3) is 0 Å². The second kappa shape index (κ2) is 6.11. The van der Waals surface area contributed by atoms with Gasteiger partial charge in [-0.15, -0.1) is 0 Å². The Morgan fingerprint density at radius 2 is 1.43 bits per heavy atom. The zero-order valence-electron chi connectivity index (χ0n) is 2.90. The average molecular weight is 334 g/mol. The summed E-state index contributed by atoms with van der Waals surface area (Å²) in [5.41, 5.74) is 0. The van der Waals surface area contributed by atoms with Gasteiger partial charge in [-0.2, -0.15) is 0 Å². The summed E-state index contributed by atoms with van der Waals surface area (Å²) in [5, 5.41) is 0. The fourth-order valence-electron chi connectivity index (χ4n) is 0. The molecule has 0 aromatic carbocycles. The number of thiol groups is 1. The molecule has 0 aliphatic carbocycles. The fourth-order valence-corrected chi connectivity index (χ4v) is 0. The van der Waals surface area contributed by atoms with E-state index in [-0.39, 0.29) is 45.1 Å². The molecule has 42 valence electrons. The van der Waals surface area contributed by atoms with E-state index in [2.05, 4.69) is 12.2 Å². The Labute approximate surface area is 77.9 Å². The van der Waals surface area contributed by atoms with E-state index >= 15 is 0 Å². The molecule has 2 N–H and O–H groups in total. The van der Waals surface area contributed by atoms with E-state index in [0.29, 0.717) is 0 Å². The van der Waals surface area contributed by atoms with E-state index < -0.39 is 6.80 Å². The van der Waals surface area contributed by atoms with Crippen LogP contribution in [0, 0.1) is 0 Å². The summed E-state index contributed by atoms with van der Waals surface area (Å²) in [6.45, 7) is -3.94. The predicted molar refractivity (Wildman–Crippen MR) is 38.1 cm³/mol. The number of rotatable bonds is 0. The Balaban J connectivity index is -0.0000000800. The van der Waals surface area contributed by atoms with Crippen molar-refractivity contribution >= 4 is 64.1 Å². The maximum atomic E-state index is 9.19. The van der Waals surface area contributed by atoms with Gasteiger partial charge in [0.2, 0.25) is 0 Å². The standard InChI is InChI=1S/Bi.Li.H3O3PS.4H/c;;1-4(2,3)5;;;;/h;;(H3,1,2,3,5);;;;. The summed E-state index contributed by atoms with van der Waals surface area (Å²) in [4.78, 5) is 15.0. The molecule has 0 aliphatic heterocycles. The monoisotopic (exact) mass is 334 g/mol. The maximum absolute atomic E-state index is 9.19. The van der Waals surface area contributed by atoms with Gasteiger partial charge in [-0.1, -0.05) is 12.2 Å². The first-order valence-corrected chi connectivity index (χ1v) is 3.55. The van der Waals surface area contributed by atoms with Crippen LogP contribution < -0.4 is 0 Å². The van der Waals surface area contributed by atoms with Crippen molar-refractivity contribution in [3.63, 3.8) is 0 Å². The summed E-state index contributed by atoms with van der Waals surface area (Å²) >= 11 is 2.79. The topological polar surface area (TPSA) is 57.5 Å². The Morgan fingerprint density at radius 1 is 1.43 bits per heavy atom. The van der Waals surface area contributed by atoms with Gasteiger partial charge in [0.1, 0.15) is 0 Å². The van der Waals surface area contributed by atoms with Gasteiger partial charge in [0.15, 0.2) is 0 Å². The first-order chi connectivity index (χ1) is 2.00. The molecule has 0 amide bonds. The van der Waals surface area contributed by atoms with E-state index in [0.717, 1.165) is 0 Å². The first-order valence-electron chi connectivity index (χ1n) is 0.783. The summed E-state index contributed by atoms with van der Waals surface area (Å²) in [7, 11) is 0. The summed E-state index contributed by atoms with van der Waals surface area (Å²) in [6.07, 6.45) is 0. The van der Waals surface area contributed by atoms with Crippen LogP contribution in [0.1, 0.15) is 0 Å². The third kappa shape index (κ3) is 72.8. The van der Waals surface area contributed by atoms with Crippen LogP contribution in [0.3, 0.4) is 0 Å². The minimum atomic E-state index is -3.94. The van der Waals surface area contributed by atoms with Crippen molar-refractivity contribution in [1.82, 2.24) is 0 Å². The molecule has 3 nitrogen and oxygen atoms in total. The third-order valence-corrected chi connectivity index (χ3v) is 0. The van der Waals surface area contributed by atoms with E-state index in [1.165, 1.54) is 0 Å². The molecule has 0 aromatic heterocycles. The van der Waals surface area contributed by atoms with Crippen molar-refractivity contribution in [2.75, 3.05) is 0 Å². The van der Waals surface area contributed by atoms with E-state index in [4.69, 9.17) is 9.79 Å². The van der Waals surface area contributed by atoms with Gasteiger partial charge in [0.05, 0.1) is 0 Å². The Bertz CT molecular complexity index is 61.1. The summed E-state index contributed by atoms with van der Waals surface area (Å²) in [5.74, 6) is 0. The summed E-state index contributed by atoms with van der Waals surface area (Å²) in [6, 6.07) is 0. The minimum absolute atomic E-state index is 0. The molecule has 7 heteroatoms. The molecule has 0 atom stereocenters. The van der Waals surface area contributed by atoms with Crippen molar-refractivity contribution in [3.05, 3.63) is 0 Å². The second-order valence-electron chi connectivity index (χ2n) is 0.513. The molecule has 0 fully saturated rings. The van der Waals surface area contributed by atoms with Crippen LogP contribution in [0.4, 0.5) is 0 Å². The molecule has 0 heterocycles. The number of hydrogen-bond donors (Lipinski definition) is 3. The molecule has 0 aliphatic rings. The molecular formula is H7BiLiO3PS. The Kier molecular flexibility index (Phi) is 13.9. The zero-order valence-corrected chi connectivity index (χ0v) is 10.2. The van der Waals surface area contributed by atoms with Crippen molar-refractivity contribution in [2.45, 2.75) is 0 Å². The second-order valence-corrected chi connectivity index (χ2v) is 3.10. The van der Waals surface area contributed by atoms with Gasteiger partial charge >= 0.3 is 51.9 Å². The quantitative estimate of drug-likeness (QED) is 0.278. The van der Waals surface area contributed by atoms with Crippen LogP contribution in [0.2, 0.25) is 0 Å². The van der Waals surface area contributed by atoms with Crippen LogP contribution in [0.5, 0.6) is 0 Å². The van der Waals surface area contributed by atoms with E-state index in [1.807, 2.05) is 0 Å². The predicted octanol–water partition coefficient (Wildman–Crippen LogP) is -1.82. The van der Waals surface area contributed by atoms with Gasteiger partial charge in [0, 0.05) is 0 Å². The molecule has 0 unspecified atom stereocenters. The van der Waals surface area contributed by atoms with Crippen LogP contribution in [-0.4, -0.2) is 54.9 Å². The van der Waals surface area contributed by atoms with Gasteiger partial charge in [-0.05, 0) is 0 Å². The molecule has 0 saturated carbocycles. The van der Waals surface area contributed by atoms with Crippen LogP contribution >= 0.6 is 19.0 Å². The molecule has 0 spiro atoms. The zero-order chi connectivity index (χ0) is 4.50. The first kappa shape index (κ1) is 16.0. The van der Waals surface area contributed by atoms with Crippen LogP contribution in [0.25, 0.3) is 0 Å². The normalized spacial score (nSPS) is 8.43. The van der Waals surface area contributed by atoms with Crippen LogP contribution in [0.15, 0.2) is 0 Å². The van der Waals surface area contributed by atoms with Crippen molar-refractivity contribution in [1.29, 1.82) is 0 Å². The van der Waals surface area contributed by atoms with Gasteiger partial charge in [-0.3, -0.25) is 0 Å². The average Bonchev–Trinajstić information content (AvgIpc) is 0.722. The molecule has 0 radical (unpaired) electrons. The van der Waals surface area contributed by atoms with Crippen molar-refractivity contribution in [2.24, 2.45) is 0 Å². The van der Waals surface area contributed by atoms with E-state index in [9.17, 15) is 4.57 Å². The van der Waals surface area contributed by atoms with Gasteiger partial charge < -0.3 is 9.79 Å². The van der Waals surface area contributed by atoms with Crippen molar-refractivity contribution in [3.8, 4) is 0 Å². The van der Waals surface area contributed by atoms with Gasteiger partial charge in [-0.25, -0.2) is 4.57 Å². The molecule has 0 rings (SSSR count). The SMILES string of the molecule is O=P(O)(O)S.[BiH3].[LiH]. The molecule has 0 bridgehead atoms. The molecule has 0 saturated heterocycles. The fraction of sp³-hybridized carbons (Fsp3) is 0. The Hall–Kier alpha value is 1.98. The molecule has 0 aromatic rings. The molecule has 7 heavy (non-hydrogen) atoms.